The van der Waals surface area contributed by atoms with Crippen molar-refractivity contribution in [1.82, 2.24) is 4.98 Å². The molecule has 1 aromatic heterocycles. The Bertz CT molecular complexity index is 521. The Morgan fingerprint density at radius 3 is 2.48 bits per heavy atom. The Morgan fingerprint density at radius 1 is 1.43 bits per heavy atom. The van der Waals surface area contributed by atoms with Gasteiger partial charge in [-0.05, 0) is 18.6 Å². The fraction of sp³-hybridized carbons (Fsp3) is 0.455. The van der Waals surface area contributed by atoms with Crippen LogP contribution < -0.4 is 4.74 Å². The summed E-state index contributed by atoms with van der Waals surface area (Å²) in [7, 11) is 0. The summed E-state index contributed by atoms with van der Waals surface area (Å²) in [5.74, 6) is -2.40. The van der Waals surface area contributed by atoms with Crippen LogP contribution in [-0.4, -0.2) is 23.9 Å². The summed E-state index contributed by atoms with van der Waals surface area (Å²) in [6.07, 6.45) is -8.47. The number of esters is 1. The number of carbonyl (C=O) groups is 1. The number of pyridine rings is 1. The predicted molar refractivity (Wildman–Crippen MR) is 64.5 cm³/mol. The molecule has 0 spiro atoms. The van der Waals surface area contributed by atoms with Crippen LogP contribution in [0.15, 0.2) is 6.07 Å². The van der Waals surface area contributed by atoms with Crippen LogP contribution in [0.25, 0.3) is 0 Å². The van der Waals surface area contributed by atoms with Crippen LogP contribution >= 0.6 is 15.9 Å². The van der Waals surface area contributed by atoms with Gasteiger partial charge in [0.25, 0.3) is 6.43 Å². The summed E-state index contributed by atoms with van der Waals surface area (Å²) in [6.45, 7) is 1.43. The van der Waals surface area contributed by atoms with Gasteiger partial charge in [0.05, 0.1) is 12.2 Å². The van der Waals surface area contributed by atoms with Crippen molar-refractivity contribution in [1.29, 1.82) is 0 Å². The molecule has 0 saturated carbocycles. The smallest absolute Gasteiger partial charge is 0.461 e. The molecule has 0 atom stereocenters. The SMILES string of the molecule is CCOC(=O)c1cc(CBr)c(C(F)F)c(OC(F)(F)F)n1. The summed E-state index contributed by atoms with van der Waals surface area (Å²) in [5, 5.41) is -0.212. The van der Waals surface area contributed by atoms with Crippen molar-refractivity contribution < 1.29 is 36.2 Å². The summed E-state index contributed by atoms with van der Waals surface area (Å²) >= 11 is 2.86. The number of rotatable bonds is 5. The molecule has 0 amide bonds. The first kappa shape index (κ1) is 17.6. The highest BCUT2D eigenvalue weighted by Gasteiger charge is 2.35. The van der Waals surface area contributed by atoms with Gasteiger partial charge in [0.1, 0.15) is 0 Å². The Hall–Kier alpha value is -1.45. The first-order valence-corrected chi connectivity index (χ1v) is 6.62. The molecular weight excluding hydrogens is 369 g/mol. The highest BCUT2D eigenvalue weighted by Crippen LogP contribution is 2.35. The maximum absolute atomic E-state index is 12.9. The molecule has 10 heteroatoms. The molecule has 0 fully saturated rings. The third-order valence-corrected chi connectivity index (χ3v) is 2.77. The van der Waals surface area contributed by atoms with Gasteiger partial charge in [-0.1, -0.05) is 15.9 Å². The van der Waals surface area contributed by atoms with Gasteiger partial charge >= 0.3 is 12.3 Å². The molecule has 0 aromatic carbocycles. The highest BCUT2D eigenvalue weighted by molar-refractivity contribution is 9.08. The monoisotopic (exact) mass is 377 g/mol. The minimum atomic E-state index is -5.21. The van der Waals surface area contributed by atoms with Gasteiger partial charge in [-0.2, -0.15) is 0 Å². The Kier molecular flexibility index (Phi) is 5.87. The molecule has 0 N–H and O–H groups in total. The number of ether oxygens (including phenoxy) is 2. The maximum Gasteiger partial charge on any atom is 0.574 e. The topological polar surface area (TPSA) is 48.4 Å². The van der Waals surface area contributed by atoms with E-state index in [1.165, 1.54) is 6.92 Å². The number of alkyl halides is 6. The van der Waals surface area contributed by atoms with E-state index in [0.717, 1.165) is 6.07 Å². The molecule has 0 saturated heterocycles. The number of carbonyl (C=O) groups excluding carboxylic acids is 1. The van der Waals surface area contributed by atoms with Gasteiger partial charge in [0, 0.05) is 5.33 Å². The van der Waals surface area contributed by atoms with Gasteiger partial charge in [0.2, 0.25) is 5.88 Å². The summed E-state index contributed by atoms with van der Waals surface area (Å²) in [5.41, 5.74) is -1.82. The zero-order chi connectivity index (χ0) is 16.2. The van der Waals surface area contributed by atoms with Crippen molar-refractivity contribution in [3.63, 3.8) is 0 Å². The van der Waals surface area contributed by atoms with Gasteiger partial charge in [-0.15, -0.1) is 13.2 Å². The first-order valence-electron chi connectivity index (χ1n) is 5.50. The van der Waals surface area contributed by atoms with E-state index in [0.29, 0.717) is 0 Å². The lowest BCUT2D eigenvalue weighted by Gasteiger charge is -2.15. The van der Waals surface area contributed by atoms with Crippen LogP contribution in [0.1, 0.15) is 35.0 Å². The van der Waals surface area contributed by atoms with E-state index in [-0.39, 0.29) is 17.5 Å². The van der Waals surface area contributed by atoms with Gasteiger partial charge in [-0.25, -0.2) is 18.6 Å². The van der Waals surface area contributed by atoms with E-state index >= 15 is 0 Å². The van der Waals surface area contributed by atoms with Gasteiger partial charge in [-0.3, -0.25) is 0 Å². The number of halogens is 6. The van der Waals surface area contributed by atoms with Crippen LogP contribution in [0.4, 0.5) is 22.0 Å². The van der Waals surface area contributed by atoms with Gasteiger partial charge in [0.15, 0.2) is 5.69 Å². The van der Waals surface area contributed by atoms with Crippen LogP contribution in [0.5, 0.6) is 5.88 Å². The minimum absolute atomic E-state index is 0.0454. The van der Waals surface area contributed by atoms with Crippen LogP contribution in [0, 0.1) is 0 Å². The standard InChI is InChI=1S/C11H9BrF5NO3/c1-2-20-10(19)6-3-5(4-12)7(8(13)14)9(18-6)21-11(15,16)17/h3,8H,2,4H2,1H3. The second kappa shape index (κ2) is 7.01. The van der Waals surface area contributed by atoms with E-state index in [4.69, 9.17) is 0 Å². The van der Waals surface area contributed by atoms with E-state index in [1.807, 2.05) is 0 Å². The van der Waals surface area contributed by atoms with Crippen molar-refractivity contribution in [2.24, 2.45) is 0 Å². The molecule has 1 aromatic rings. The molecule has 0 aliphatic heterocycles. The van der Waals surface area contributed by atoms with E-state index < -0.39 is 35.9 Å². The average molecular weight is 378 g/mol. The summed E-state index contributed by atoms with van der Waals surface area (Å²) in [4.78, 5) is 14.7. The zero-order valence-corrected chi connectivity index (χ0v) is 12.1. The summed E-state index contributed by atoms with van der Waals surface area (Å²) in [6, 6.07) is 0.928. The average Bonchev–Trinajstić information content (AvgIpc) is 2.35. The van der Waals surface area contributed by atoms with E-state index in [1.54, 1.807) is 0 Å². The molecule has 0 unspecified atom stereocenters. The number of hydrogen-bond acceptors (Lipinski definition) is 4. The molecule has 0 aliphatic rings. The van der Waals surface area contributed by atoms with Crippen LogP contribution in [0.3, 0.4) is 0 Å². The van der Waals surface area contributed by atoms with Crippen LogP contribution in [-0.2, 0) is 10.1 Å². The molecular formula is C11H9BrF5NO3. The lowest BCUT2D eigenvalue weighted by Crippen LogP contribution is -2.21. The van der Waals surface area contributed by atoms with E-state index in [9.17, 15) is 26.7 Å². The number of aromatic nitrogens is 1. The molecule has 0 aliphatic carbocycles. The molecule has 0 bridgehead atoms. The largest absolute Gasteiger partial charge is 0.574 e. The minimum Gasteiger partial charge on any atom is -0.461 e. The van der Waals surface area contributed by atoms with E-state index in [2.05, 4.69) is 30.4 Å². The number of nitrogens with zero attached hydrogens (tertiary/aromatic N) is 1. The zero-order valence-electron chi connectivity index (χ0n) is 10.5. The molecule has 4 nitrogen and oxygen atoms in total. The lowest BCUT2D eigenvalue weighted by atomic mass is 10.1. The Balaban J connectivity index is 3.40. The molecule has 118 valence electrons. The quantitative estimate of drug-likeness (QED) is 0.442. The molecule has 1 heterocycles. The second-order valence-corrected chi connectivity index (χ2v) is 4.15. The van der Waals surface area contributed by atoms with Crippen molar-refractivity contribution in [2.75, 3.05) is 6.61 Å². The normalized spacial score (nSPS) is 11.6. The predicted octanol–water partition coefficient (Wildman–Crippen LogP) is 3.99. The lowest BCUT2D eigenvalue weighted by molar-refractivity contribution is -0.276. The van der Waals surface area contributed by atoms with Crippen molar-refractivity contribution >= 4 is 21.9 Å². The Labute approximate surface area is 124 Å². The second-order valence-electron chi connectivity index (χ2n) is 3.59. The Morgan fingerprint density at radius 2 is 2.05 bits per heavy atom. The summed E-state index contributed by atoms with van der Waals surface area (Å²) < 4.78 is 70.7. The fourth-order valence-corrected chi connectivity index (χ4v) is 1.89. The fourth-order valence-electron chi connectivity index (χ4n) is 1.42. The van der Waals surface area contributed by atoms with Crippen molar-refractivity contribution in [3.05, 3.63) is 22.9 Å². The highest BCUT2D eigenvalue weighted by atomic mass is 79.9. The first-order chi connectivity index (χ1) is 9.69. The molecule has 21 heavy (non-hydrogen) atoms. The van der Waals surface area contributed by atoms with Crippen molar-refractivity contribution in [3.8, 4) is 5.88 Å². The third kappa shape index (κ3) is 4.80. The molecule has 0 radical (unpaired) electrons. The molecule has 1 rings (SSSR count). The van der Waals surface area contributed by atoms with Gasteiger partial charge < -0.3 is 9.47 Å². The number of hydrogen-bond donors (Lipinski definition) is 0. The van der Waals surface area contributed by atoms with Crippen LogP contribution in [0.2, 0.25) is 0 Å². The van der Waals surface area contributed by atoms with Crippen molar-refractivity contribution in [2.45, 2.75) is 25.0 Å². The maximum atomic E-state index is 12.9. The third-order valence-electron chi connectivity index (χ3n) is 2.17.